The van der Waals surface area contributed by atoms with Crippen molar-refractivity contribution in [2.24, 2.45) is 10.8 Å². The molecule has 22 heavy (non-hydrogen) atoms. The van der Waals surface area contributed by atoms with Gasteiger partial charge in [0.05, 0.1) is 0 Å². The highest BCUT2D eigenvalue weighted by Crippen LogP contribution is 2.48. The van der Waals surface area contributed by atoms with Crippen molar-refractivity contribution in [3.05, 3.63) is 21.3 Å². The van der Waals surface area contributed by atoms with Gasteiger partial charge in [-0.3, -0.25) is 9.59 Å². The Morgan fingerprint density at radius 1 is 0.727 bits per heavy atom. The lowest BCUT2D eigenvalue weighted by molar-refractivity contribution is -0.312. The molecule has 2 aliphatic carbocycles. The molecule has 2 aliphatic rings. The second-order valence-corrected chi connectivity index (χ2v) is 9.70. The van der Waals surface area contributed by atoms with Crippen LogP contribution in [0.3, 0.4) is 0 Å². The summed E-state index contributed by atoms with van der Waals surface area (Å²) in [5, 5.41) is 24.2. The van der Waals surface area contributed by atoms with Crippen LogP contribution in [0, 0.1) is 10.8 Å². The zero-order valence-electron chi connectivity index (χ0n) is 13.3. The van der Waals surface area contributed by atoms with Crippen LogP contribution in [0.15, 0.2) is 21.3 Å². The summed E-state index contributed by atoms with van der Waals surface area (Å²) in [6.07, 6.45) is 1.30. The average molecular weight is 340 g/mol. The summed E-state index contributed by atoms with van der Waals surface area (Å²) < 4.78 is 0. The third-order valence-electron chi connectivity index (χ3n) is 3.78. The predicted octanol–water partition coefficient (Wildman–Crippen LogP) is 2.29. The van der Waals surface area contributed by atoms with Gasteiger partial charge in [0.1, 0.15) is 0 Å². The Balaban J connectivity index is 2.13. The maximum Gasteiger partial charge on any atom is 0.169 e. The molecule has 0 radical (unpaired) electrons. The number of allylic oxidation sites excluding steroid dienone is 4. The van der Waals surface area contributed by atoms with Crippen LogP contribution in [0.1, 0.15) is 53.4 Å². The van der Waals surface area contributed by atoms with Crippen LogP contribution in [0.25, 0.3) is 0 Å². The van der Waals surface area contributed by atoms with E-state index < -0.39 is 0 Å². The molecule has 0 fully saturated rings. The Labute approximate surface area is 138 Å². The van der Waals surface area contributed by atoms with Gasteiger partial charge in [-0.05, 0) is 45.3 Å². The maximum atomic E-state index is 12.1. The molecule has 2 rings (SSSR count). The smallest absolute Gasteiger partial charge is 0.169 e. The summed E-state index contributed by atoms with van der Waals surface area (Å²) >= 11 is 0. The standard InChI is InChI=1S/C16H22O4S2/c1-15(2)5-9(17)13(10(18)6-15)21-22-14-11(19)7-16(3,4)8-12(14)20/h17,19H,5-8H2,1-4H3/p-2. The second-order valence-electron chi connectivity index (χ2n) is 7.55. The van der Waals surface area contributed by atoms with E-state index in [2.05, 4.69) is 0 Å². The van der Waals surface area contributed by atoms with Gasteiger partial charge >= 0.3 is 0 Å². The van der Waals surface area contributed by atoms with Gasteiger partial charge in [-0.15, -0.1) is 11.5 Å². The van der Waals surface area contributed by atoms with Gasteiger partial charge in [-0.25, -0.2) is 0 Å². The fourth-order valence-corrected chi connectivity index (χ4v) is 5.21. The molecule has 0 saturated heterocycles. The molecule has 0 heterocycles. The van der Waals surface area contributed by atoms with Crippen LogP contribution in [0.5, 0.6) is 0 Å². The van der Waals surface area contributed by atoms with E-state index in [0.717, 1.165) is 21.6 Å². The molecule has 0 aromatic rings. The molecule has 0 spiro atoms. The maximum absolute atomic E-state index is 12.1. The van der Waals surface area contributed by atoms with Gasteiger partial charge in [-0.2, -0.15) is 0 Å². The number of carbonyl (C=O) groups is 2. The molecular weight excluding hydrogens is 320 g/mol. The van der Waals surface area contributed by atoms with Gasteiger partial charge < -0.3 is 10.2 Å². The molecule has 0 saturated carbocycles. The first-order valence-electron chi connectivity index (χ1n) is 7.22. The van der Waals surface area contributed by atoms with E-state index in [4.69, 9.17) is 0 Å². The average Bonchev–Trinajstić information content (AvgIpc) is 2.27. The highest BCUT2D eigenvalue weighted by molar-refractivity contribution is 8.80. The summed E-state index contributed by atoms with van der Waals surface area (Å²) in [5.41, 5.74) is -0.618. The van der Waals surface area contributed by atoms with Crippen LogP contribution in [-0.4, -0.2) is 11.6 Å². The predicted molar refractivity (Wildman–Crippen MR) is 85.3 cm³/mol. The van der Waals surface area contributed by atoms with Crippen molar-refractivity contribution >= 4 is 33.2 Å². The molecule has 4 nitrogen and oxygen atoms in total. The van der Waals surface area contributed by atoms with Gasteiger partial charge in [-0.1, -0.05) is 27.7 Å². The van der Waals surface area contributed by atoms with Crippen LogP contribution in [0.4, 0.5) is 0 Å². The zero-order valence-corrected chi connectivity index (χ0v) is 14.9. The minimum atomic E-state index is -0.309. The Bertz CT molecular complexity index is 533. The van der Waals surface area contributed by atoms with Crippen molar-refractivity contribution in [3.8, 4) is 0 Å². The summed E-state index contributed by atoms with van der Waals surface area (Å²) in [5.74, 6) is -0.739. The van der Waals surface area contributed by atoms with Crippen LogP contribution < -0.4 is 10.2 Å². The molecule has 0 aromatic carbocycles. The Kier molecular flexibility index (Phi) is 4.74. The summed E-state index contributed by atoms with van der Waals surface area (Å²) in [4.78, 5) is 24.5. The lowest BCUT2D eigenvalue weighted by Crippen LogP contribution is -2.30. The number of carbonyl (C=O) groups excluding carboxylic acids is 2. The summed E-state index contributed by atoms with van der Waals surface area (Å²) in [6, 6.07) is 0. The SMILES string of the molecule is CC1(C)CC(=O)C(SSC2=C([O-])CC(C)(C)CC2=O)=C([O-])C1. The third-order valence-corrected chi connectivity index (χ3v) is 6.36. The Hall–Kier alpha value is -0.880. The van der Waals surface area contributed by atoms with Crippen molar-refractivity contribution in [1.29, 1.82) is 0 Å². The largest absolute Gasteiger partial charge is 0.875 e. The molecule has 0 bridgehead atoms. The van der Waals surface area contributed by atoms with Gasteiger partial charge in [0.25, 0.3) is 0 Å². The summed E-state index contributed by atoms with van der Waals surface area (Å²) in [6.45, 7) is 7.57. The molecule has 0 unspecified atom stereocenters. The number of ketones is 2. The van der Waals surface area contributed by atoms with Crippen molar-refractivity contribution in [2.45, 2.75) is 53.4 Å². The monoisotopic (exact) mass is 340 g/mol. The van der Waals surface area contributed by atoms with E-state index in [0.29, 0.717) is 25.7 Å². The minimum Gasteiger partial charge on any atom is -0.875 e. The zero-order chi connectivity index (χ0) is 16.7. The molecule has 0 aromatic heterocycles. The van der Waals surface area contributed by atoms with Crippen molar-refractivity contribution < 1.29 is 19.8 Å². The molecule has 0 aliphatic heterocycles. The number of hydrogen-bond donors (Lipinski definition) is 0. The fraction of sp³-hybridized carbons (Fsp3) is 0.625. The quantitative estimate of drug-likeness (QED) is 0.733. The first-order chi connectivity index (χ1) is 10.0. The highest BCUT2D eigenvalue weighted by Gasteiger charge is 2.32. The second kappa shape index (κ2) is 5.96. The number of hydrogen-bond acceptors (Lipinski definition) is 6. The molecular formula is C16H20O4S2-2. The van der Waals surface area contributed by atoms with Crippen molar-refractivity contribution in [2.75, 3.05) is 0 Å². The van der Waals surface area contributed by atoms with E-state index in [1.165, 1.54) is 0 Å². The minimum absolute atomic E-state index is 0.169. The lowest BCUT2D eigenvalue weighted by atomic mass is 9.79. The molecule has 0 N–H and O–H groups in total. The van der Waals surface area contributed by atoms with E-state index in [1.54, 1.807) is 0 Å². The molecule has 6 heteroatoms. The fourth-order valence-electron chi connectivity index (χ4n) is 2.76. The Morgan fingerprint density at radius 3 is 1.32 bits per heavy atom. The van der Waals surface area contributed by atoms with Crippen LogP contribution in [-0.2, 0) is 9.59 Å². The van der Waals surface area contributed by atoms with E-state index >= 15 is 0 Å². The van der Waals surface area contributed by atoms with E-state index in [9.17, 15) is 19.8 Å². The molecule has 0 amide bonds. The van der Waals surface area contributed by atoms with Gasteiger partial charge in [0.2, 0.25) is 0 Å². The van der Waals surface area contributed by atoms with E-state index in [1.807, 2.05) is 27.7 Å². The van der Waals surface area contributed by atoms with Crippen molar-refractivity contribution in [3.63, 3.8) is 0 Å². The Morgan fingerprint density at radius 2 is 1.05 bits per heavy atom. The lowest BCUT2D eigenvalue weighted by Gasteiger charge is -2.36. The number of rotatable bonds is 3. The third kappa shape index (κ3) is 3.90. The van der Waals surface area contributed by atoms with Gasteiger partial charge in [0.15, 0.2) is 11.6 Å². The molecule has 122 valence electrons. The normalized spacial score (nSPS) is 24.9. The van der Waals surface area contributed by atoms with Crippen molar-refractivity contribution in [1.82, 2.24) is 0 Å². The van der Waals surface area contributed by atoms with Crippen LogP contribution in [0.2, 0.25) is 0 Å². The molecule has 0 atom stereocenters. The first-order valence-corrected chi connectivity index (χ1v) is 9.37. The first kappa shape index (κ1) is 17.5. The number of Topliss-reactive ketones (excluding diaryl/α,β-unsaturated/α-hetero) is 2. The van der Waals surface area contributed by atoms with E-state index in [-0.39, 0.29) is 43.7 Å². The summed E-state index contributed by atoms with van der Waals surface area (Å²) in [7, 11) is 1.97. The highest BCUT2D eigenvalue weighted by atomic mass is 33.1. The van der Waals surface area contributed by atoms with Gasteiger partial charge in [0, 0.05) is 22.7 Å². The topological polar surface area (TPSA) is 80.3 Å². The van der Waals surface area contributed by atoms with Crippen LogP contribution >= 0.6 is 21.6 Å².